The van der Waals surface area contributed by atoms with Gasteiger partial charge in [0.2, 0.25) is 10.0 Å². The minimum Gasteiger partial charge on any atom is -0.396 e. The van der Waals surface area contributed by atoms with Crippen LogP contribution in [0, 0.1) is 3.57 Å². The molecule has 1 rings (SSSR count). The van der Waals surface area contributed by atoms with Crippen molar-refractivity contribution in [3.63, 3.8) is 0 Å². The lowest BCUT2D eigenvalue weighted by Gasteiger charge is -2.24. The van der Waals surface area contributed by atoms with Gasteiger partial charge in [-0.3, -0.25) is 4.31 Å². The molecule has 0 aliphatic rings. The highest BCUT2D eigenvalue weighted by Gasteiger charge is 2.19. The molecular formula is C14H22INO3S. The number of hydrogen-bond acceptors (Lipinski definition) is 3. The molecule has 0 bridgehead atoms. The van der Waals surface area contributed by atoms with Crippen LogP contribution in [0.25, 0.3) is 0 Å². The van der Waals surface area contributed by atoms with E-state index in [4.69, 9.17) is 5.11 Å². The first-order valence-electron chi connectivity index (χ1n) is 6.36. The van der Waals surface area contributed by atoms with Crippen LogP contribution in [-0.4, -0.2) is 32.9 Å². The Bertz CT molecular complexity index is 529. The average molecular weight is 411 g/mol. The summed E-state index contributed by atoms with van der Waals surface area (Å²) in [7, 11) is -3.37. The Morgan fingerprint density at radius 1 is 1.35 bits per heavy atom. The molecule has 4 nitrogen and oxygen atoms in total. The molecule has 0 saturated carbocycles. The van der Waals surface area contributed by atoms with Crippen molar-refractivity contribution < 1.29 is 13.5 Å². The van der Waals surface area contributed by atoms with E-state index in [1.165, 1.54) is 10.6 Å². The van der Waals surface area contributed by atoms with Gasteiger partial charge in [-0.25, -0.2) is 8.42 Å². The molecule has 0 aliphatic heterocycles. The number of para-hydroxylation sites is 1. The molecule has 0 saturated heterocycles. The minimum atomic E-state index is -3.37. The fourth-order valence-corrected chi connectivity index (χ4v) is 3.25. The first kappa shape index (κ1) is 19.4. The summed E-state index contributed by atoms with van der Waals surface area (Å²) < 4.78 is 25.9. The Balaban J connectivity index is 0.00000172. The zero-order chi connectivity index (χ0) is 15.8. The number of aliphatic hydroxyl groups is 1. The Morgan fingerprint density at radius 3 is 2.35 bits per heavy atom. The first-order valence-corrected chi connectivity index (χ1v) is 9.28. The number of nitrogens with zero attached hydrogens (tertiary/aromatic N) is 1. The van der Waals surface area contributed by atoms with Crippen molar-refractivity contribution in [2.75, 3.05) is 23.7 Å². The highest BCUT2D eigenvalue weighted by Crippen LogP contribution is 2.25. The summed E-state index contributed by atoms with van der Waals surface area (Å²) in [4.78, 5) is 0. The van der Waals surface area contributed by atoms with Crippen LogP contribution < -0.4 is 4.31 Å². The predicted octanol–water partition coefficient (Wildman–Crippen LogP) is 3.02. The van der Waals surface area contributed by atoms with Crippen LogP contribution in [0.1, 0.15) is 20.3 Å². The second kappa shape index (κ2) is 9.36. The van der Waals surface area contributed by atoms with E-state index in [0.717, 1.165) is 3.57 Å². The van der Waals surface area contributed by atoms with Crippen LogP contribution in [-0.2, 0) is 10.0 Å². The van der Waals surface area contributed by atoms with Crippen LogP contribution in [0.2, 0.25) is 0 Å². The summed E-state index contributed by atoms with van der Waals surface area (Å²) in [6.45, 7) is 7.95. The third kappa shape index (κ3) is 6.23. The number of halogens is 1. The van der Waals surface area contributed by atoms with E-state index in [9.17, 15) is 8.42 Å². The Morgan fingerprint density at radius 2 is 1.90 bits per heavy atom. The predicted molar refractivity (Wildman–Crippen MR) is 93.5 cm³/mol. The molecule has 1 N–H and O–H groups in total. The van der Waals surface area contributed by atoms with Crippen LogP contribution in [0.3, 0.4) is 0 Å². The highest BCUT2D eigenvalue weighted by molar-refractivity contribution is 14.1. The van der Waals surface area contributed by atoms with Crippen LogP contribution in [0.4, 0.5) is 5.69 Å². The van der Waals surface area contributed by atoms with Gasteiger partial charge in [0.1, 0.15) is 0 Å². The zero-order valence-electron chi connectivity index (χ0n) is 12.1. The maximum absolute atomic E-state index is 11.8. The van der Waals surface area contributed by atoms with Crippen molar-refractivity contribution in [3.05, 3.63) is 40.0 Å². The van der Waals surface area contributed by atoms with Gasteiger partial charge in [0, 0.05) is 10.2 Å². The summed E-state index contributed by atoms with van der Waals surface area (Å²) in [6.07, 6.45) is 1.57. The topological polar surface area (TPSA) is 57.6 Å². The maximum Gasteiger partial charge on any atom is 0.232 e. The zero-order valence-corrected chi connectivity index (χ0v) is 15.1. The third-order valence-corrected chi connectivity index (χ3v) is 4.39. The van der Waals surface area contributed by atoms with Crippen LogP contribution >= 0.6 is 22.6 Å². The summed E-state index contributed by atoms with van der Waals surface area (Å²) in [5, 5.41) is 8.85. The monoisotopic (exact) mass is 411 g/mol. The fourth-order valence-electron chi connectivity index (χ4n) is 1.48. The second-order valence-corrected chi connectivity index (χ2v) is 7.01. The molecular weight excluding hydrogens is 389 g/mol. The Kier molecular flexibility index (Phi) is 9.08. The highest BCUT2D eigenvalue weighted by atomic mass is 127. The van der Waals surface area contributed by atoms with Crippen LogP contribution in [0.15, 0.2) is 36.4 Å². The minimum absolute atomic E-state index is 0.0255. The van der Waals surface area contributed by atoms with Crippen molar-refractivity contribution in [2.24, 2.45) is 0 Å². The van der Waals surface area contributed by atoms with E-state index >= 15 is 0 Å². The molecule has 0 aromatic heterocycles. The van der Waals surface area contributed by atoms with Crippen molar-refractivity contribution in [2.45, 2.75) is 20.3 Å². The summed E-state index contributed by atoms with van der Waals surface area (Å²) in [5.41, 5.74) is 1.32. The molecule has 114 valence electrons. The summed E-state index contributed by atoms with van der Waals surface area (Å²) >= 11 is 2.10. The number of sulfonamides is 1. The van der Waals surface area contributed by atoms with Gasteiger partial charge in [0.25, 0.3) is 0 Å². The Hall–Kier alpha value is -0.600. The van der Waals surface area contributed by atoms with Gasteiger partial charge in [-0.05, 0) is 41.1 Å². The lowest BCUT2D eigenvalue weighted by atomic mass is 10.2. The van der Waals surface area contributed by atoms with E-state index < -0.39 is 10.0 Å². The fraction of sp³-hybridized carbons (Fsp3) is 0.429. The molecule has 0 unspecified atom stereocenters. The normalized spacial score (nSPS) is 10.4. The smallest absolute Gasteiger partial charge is 0.232 e. The molecule has 1 aromatic carbocycles. The lowest BCUT2D eigenvalue weighted by molar-refractivity contribution is 0.299. The van der Waals surface area contributed by atoms with Crippen LogP contribution in [0.5, 0.6) is 0 Å². The lowest BCUT2D eigenvalue weighted by Crippen LogP contribution is -2.32. The molecule has 0 spiro atoms. The van der Waals surface area contributed by atoms with Crippen molar-refractivity contribution in [1.82, 2.24) is 0 Å². The van der Waals surface area contributed by atoms with Crippen molar-refractivity contribution in [1.29, 1.82) is 0 Å². The van der Waals surface area contributed by atoms with E-state index in [2.05, 4.69) is 29.2 Å². The van der Waals surface area contributed by atoms with Crippen molar-refractivity contribution >= 4 is 38.3 Å². The standard InChI is InChI=1S/C12H16INO3S.C2H6/c1-10(7-8-15)9-14(18(2,16)17)12-6-4-3-5-11(12)13;1-2/h3-6,15H,1,7-9H2,2H3;1-2H3. The van der Waals surface area contributed by atoms with Gasteiger partial charge in [-0.15, -0.1) is 0 Å². The van der Waals surface area contributed by atoms with E-state index in [-0.39, 0.29) is 13.2 Å². The third-order valence-electron chi connectivity index (χ3n) is 2.35. The van der Waals surface area contributed by atoms with E-state index in [1.807, 2.05) is 26.0 Å². The quantitative estimate of drug-likeness (QED) is 0.579. The molecule has 0 radical (unpaired) electrons. The molecule has 6 heteroatoms. The number of benzene rings is 1. The molecule has 0 atom stereocenters. The molecule has 0 aliphatic carbocycles. The van der Waals surface area contributed by atoms with Gasteiger partial charge in [-0.2, -0.15) is 0 Å². The largest absolute Gasteiger partial charge is 0.396 e. The number of anilines is 1. The molecule has 0 amide bonds. The summed E-state index contributed by atoms with van der Waals surface area (Å²) in [6, 6.07) is 7.26. The number of aliphatic hydroxyl groups excluding tert-OH is 1. The van der Waals surface area contributed by atoms with Gasteiger partial charge in [0.15, 0.2) is 0 Å². The average Bonchev–Trinajstić information content (AvgIpc) is 2.38. The van der Waals surface area contributed by atoms with Gasteiger partial charge in [0.05, 0.1) is 18.5 Å². The molecule has 1 aromatic rings. The number of hydrogen-bond donors (Lipinski definition) is 1. The second-order valence-electron chi connectivity index (χ2n) is 3.94. The number of rotatable bonds is 6. The first-order chi connectivity index (χ1) is 9.36. The SMILES string of the molecule is C=C(CCO)CN(c1ccccc1I)S(C)(=O)=O.CC. The maximum atomic E-state index is 11.8. The molecule has 0 fully saturated rings. The van der Waals surface area contributed by atoms with Crippen molar-refractivity contribution in [3.8, 4) is 0 Å². The Labute approximate surface area is 135 Å². The van der Waals surface area contributed by atoms with Gasteiger partial charge >= 0.3 is 0 Å². The van der Waals surface area contributed by atoms with Gasteiger partial charge in [-0.1, -0.05) is 38.1 Å². The summed E-state index contributed by atoms with van der Waals surface area (Å²) in [5.74, 6) is 0. The van der Waals surface area contributed by atoms with E-state index in [0.29, 0.717) is 17.7 Å². The molecule has 20 heavy (non-hydrogen) atoms. The van der Waals surface area contributed by atoms with Gasteiger partial charge < -0.3 is 5.11 Å². The molecule has 0 heterocycles. The van der Waals surface area contributed by atoms with E-state index in [1.54, 1.807) is 12.1 Å².